The van der Waals surface area contributed by atoms with Gasteiger partial charge < -0.3 is 23.7 Å². The minimum atomic E-state index is -0.260. The monoisotopic (exact) mass is 528 g/mol. The molecule has 1 aromatic carbocycles. The van der Waals surface area contributed by atoms with Gasteiger partial charge in [-0.2, -0.15) is 0 Å². The van der Waals surface area contributed by atoms with E-state index in [4.69, 9.17) is 23.7 Å². The Morgan fingerprint density at radius 1 is 0.842 bits per heavy atom. The van der Waals surface area contributed by atoms with Crippen LogP contribution >= 0.6 is 0 Å². The average Bonchev–Trinajstić information content (AvgIpc) is 2.93. The van der Waals surface area contributed by atoms with E-state index in [1.165, 1.54) is 0 Å². The predicted molar refractivity (Wildman–Crippen MR) is 153 cm³/mol. The van der Waals surface area contributed by atoms with Crippen molar-refractivity contribution in [3.8, 4) is 11.5 Å². The van der Waals surface area contributed by atoms with Crippen LogP contribution in [0.3, 0.4) is 0 Å². The predicted octanol–water partition coefficient (Wildman–Crippen LogP) is 8.18. The van der Waals surface area contributed by atoms with Gasteiger partial charge in [0.1, 0.15) is 17.3 Å². The molecule has 0 amide bonds. The van der Waals surface area contributed by atoms with Crippen molar-refractivity contribution >= 4 is 5.78 Å². The van der Waals surface area contributed by atoms with Crippen molar-refractivity contribution in [2.75, 3.05) is 33.5 Å². The summed E-state index contributed by atoms with van der Waals surface area (Å²) >= 11 is 0. The van der Waals surface area contributed by atoms with Gasteiger partial charge in [-0.25, -0.2) is 0 Å². The van der Waals surface area contributed by atoms with Gasteiger partial charge in [0.25, 0.3) is 0 Å². The van der Waals surface area contributed by atoms with E-state index in [9.17, 15) is 4.79 Å². The van der Waals surface area contributed by atoms with Crippen LogP contribution in [0.5, 0.6) is 11.5 Å². The second-order valence-electron chi connectivity index (χ2n) is 9.49. The summed E-state index contributed by atoms with van der Waals surface area (Å²) in [7, 11) is 1.66. The van der Waals surface area contributed by atoms with E-state index in [2.05, 4.69) is 27.7 Å². The molecule has 0 fully saturated rings. The first-order chi connectivity index (χ1) is 18.6. The van der Waals surface area contributed by atoms with Gasteiger partial charge in [-0.3, -0.25) is 4.79 Å². The molecule has 0 N–H and O–H groups in total. The molecule has 0 heterocycles. The molecular formula is C32H48O6. The van der Waals surface area contributed by atoms with Crippen LogP contribution in [-0.4, -0.2) is 39.3 Å². The molecule has 0 bridgehead atoms. The summed E-state index contributed by atoms with van der Waals surface area (Å²) in [4.78, 5) is 13.5. The zero-order chi connectivity index (χ0) is 27.6. The van der Waals surface area contributed by atoms with Gasteiger partial charge in [-0.15, -0.1) is 0 Å². The van der Waals surface area contributed by atoms with Crippen LogP contribution in [0.4, 0.5) is 0 Å². The number of hydrogen-bond donors (Lipinski definition) is 0. The maximum atomic E-state index is 13.5. The molecule has 0 radical (unpaired) electrons. The molecule has 0 saturated heterocycles. The van der Waals surface area contributed by atoms with Gasteiger partial charge in [-0.05, 0) is 50.0 Å². The lowest BCUT2D eigenvalue weighted by atomic mass is 9.96. The second kappa shape index (κ2) is 18.4. The quantitative estimate of drug-likeness (QED) is 0.0966. The van der Waals surface area contributed by atoms with Crippen molar-refractivity contribution in [2.24, 2.45) is 5.92 Å². The molecule has 38 heavy (non-hydrogen) atoms. The fourth-order valence-corrected chi connectivity index (χ4v) is 3.93. The van der Waals surface area contributed by atoms with Gasteiger partial charge in [0.15, 0.2) is 17.3 Å². The topological polar surface area (TPSA) is 63.2 Å². The number of unbranched alkanes of at least 4 members (excludes halogenated alkanes) is 4. The number of allylic oxidation sites excluding steroid dienone is 2. The Kier molecular flexibility index (Phi) is 15.1. The Hall–Kier alpha value is -2.89. The van der Waals surface area contributed by atoms with Crippen LogP contribution < -0.4 is 9.47 Å². The molecule has 0 aromatic heterocycles. The number of rotatable bonds is 20. The Morgan fingerprint density at radius 3 is 2.08 bits per heavy atom. The molecule has 6 heteroatoms. The Balaban J connectivity index is 2.33. The highest BCUT2D eigenvalue weighted by atomic mass is 16.5. The lowest BCUT2D eigenvalue weighted by Gasteiger charge is -2.25. The lowest BCUT2D eigenvalue weighted by molar-refractivity contribution is 0.104. The first-order valence-corrected chi connectivity index (χ1v) is 14.4. The molecule has 1 atom stereocenters. The number of ketones is 1. The van der Waals surface area contributed by atoms with Gasteiger partial charge in [0, 0.05) is 0 Å². The van der Waals surface area contributed by atoms with Crippen molar-refractivity contribution in [1.29, 1.82) is 0 Å². The highest BCUT2D eigenvalue weighted by molar-refractivity contribution is 6.07. The molecular weight excluding hydrogens is 480 g/mol. The largest absolute Gasteiger partial charge is 0.498 e. The van der Waals surface area contributed by atoms with Gasteiger partial charge in [0.2, 0.25) is 0 Å². The first kappa shape index (κ1) is 31.3. The van der Waals surface area contributed by atoms with Crippen LogP contribution in [-0.2, 0) is 14.2 Å². The molecule has 1 aromatic rings. The highest BCUT2D eigenvalue weighted by Crippen LogP contribution is 2.34. The van der Waals surface area contributed by atoms with Crippen LogP contribution in [0.1, 0.15) is 95.8 Å². The van der Waals surface area contributed by atoms with Crippen molar-refractivity contribution < 1.29 is 28.5 Å². The lowest BCUT2D eigenvalue weighted by Crippen LogP contribution is -2.16. The van der Waals surface area contributed by atoms with E-state index >= 15 is 0 Å². The number of carbonyl (C=O) groups is 1. The first-order valence-electron chi connectivity index (χ1n) is 14.4. The van der Waals surface area contributed by atoms with E-state index in [1.54, 1.807) is 19.3 Å². The van der Waals surface area contributed by atoms with E-state index < -0.39 is 0 Å². The van der Waals surface area contributed by atoms with E-state index in [1.807, 2.05) is 24.3 Å². The third-order valence-electron chi connectivity index (χ3n) is 6.26. The van der Waals surface area contributed by atoms with Crippen LogP contribution in [0.15, 0.2) is 53.7 Å². The maximum Gasteiger partial charge on any atom is 0.189 e. The zero-order valence-electron chi connectivity index (χ0n) is 24.2. The van der Waals surface area contributed by atoms with E-state index in [0.29, 0.717) is 49.9 Å². The normalized spacial score (nSPS) is 15.4. The third kappa shape index (κ3) is 10.1. The number of benzene rings is 1. The minimum absolute atomic E-state index is 0.142. The molecule has 1 unspecified atom stereocenters. The number of para-hydroxylation sites is 1. The summed E-state index contributed by atoms with van der Waals surface area (Å²) in [5.74, 6) is 3.05. The Labute approximate surface area is 230 Å². The molecule has 212 valence electrons. The number of ether oxygens (including phenoxy) is 5. The summed E-state index contributed by atoms with van der Waals surface area (Å²) in [6.45, 7) is 10.9. The highest BCUT2D eigenvalue weighted by Gasteiger charge is 2.26. The molecule has 2 rings (SSSR count). The smallest absolute Gasteiger partial charge is 0.189 e. The summed E-state index contributed by atoms with van der Waals surface area (Å²) in [5.41, 5.74) is 0.495. The summed E-state index contributed by atoms with van der Waals surface area (Å²) in [5, 5.41) is 0. The Bertz CT molecular complexity index is 930. The molecule has 6 nitrogen and oxygen atoms in total. The van der Waals surface area contributed by atoms with Crippen LogP contribution in [0.25, 0.3) is 0 Å². The number of carbonyl (C=O) groups excluding carboxylic acids is 1. The average molecular weight is 529 g/mol. The summed E-state index contributed by atoms with van der Waals surface area (Å²) < 4.78 is 30.0. The van der Waals surface area contributed by atoms with Gasteiger partial charge >= 0.3 is 0 Å². The van der Waals surface area contributed by atoms with Crippen molar-refractivity contribution in [1.82, 2.24) is 0 Å². The molecule has 0 aliphatic heterocycles. The van der Waals surface area contributed by atoms with E-state index in [-0.39, 0.29) is 11.7 Å². The third-order valence-corrected chi connectivity index (χ3v) is 6.26. The summed E-state index contributed by atoms with van der Waals surface area (Å²) in [6, 6.07) is 5.51. The van der Waals surface area contributed by atoms with Gasteiger partial charge in [-0.1, -0.05) is 65.5 Å². The second-order valence-corrected chi connectivity index (χ2v) is 9.49. The standard InChI is InChI=1S/C32H48O6/c1-6-10-19-35-26-23-25(31(30(24-26)34-5)37-21-12-8-3)17-18-28(33)27-15-14-16-29(36-20-11-7-2)32(27)38-22-13-9-4/h14-18,23,25H,6-13,19-22,24H2,1-5H3/b18-17+. The Morgan fingerprint density at radius 2 is 1.45 bits per heavy atom. The van der Waals surface area contributed by atoms with Crippen LogP contribution in [0.2, 0.25) is 0 Å². The fraction of sp³-hybridized carbons (Fsp3) is 0.594. The van der Waals surface area contributed by atoms with E-state index in [0.717, 1.165) is 68.6 Å². The van der Waals surface area contributed by atoms with Crippen LogP contribution in [0, 0.1) is 5.92 Å². The SMILES string of the molecule is CCCCOC1=CC(/C=C/C(=O)c2cccc(OCCCC)c2OCCCC)C(OCCCC)=C(OC)C1. The number of methoxy groups -OCH3 is 1. The number of hydrogen-bond acceptors (Lipinski definition) is 6. The molecule has 1 aliphatic rings. The minimum Gasteiger partial charge on any atom is -0.498 e. The van der Waals surface area contributed by atoms with Crippen molar-refractivity contribution in [3.05, 3.63) is 59.3 Å². The zero-order valence-corrected chi connectivity index (χ0v) is 24.2. The maximum absolute atomic E-state index is 13.5. The van der Waals surface area contributed by atoms with Crippen molar-refractivity contribution in [2.45, 2.75) is 85.5 Å². The molecule has 1 aliphatic carbocycles. The molecule has 0 saturated carbocycles. The fourth-order valence-electron chi connectivity index (χ4n) is 3.93. The van der Waals surface area contributed by atoms with Crippen molar-refractivity contribution in [3.63, 3.8) is 0 Å². The molecule has 0 spiro atoms. The summed E-state index contributed by atoms with van der Waals surface area (Å²) in [6.07, 6.45) is 14.0. The van der Waals surface area contributed by atoms with Gasteiger partial charge in [0.05, 0.1) is 51.4 Å².